The van der Waals surface area contributed by atoms with E-state index in [2.05, 4.69) is 32.5 Å². The number of hydrogen-bond donors (Lipinski definition) is 2. The molecule has 5 heteroatoms. The minimum Gasteiger partial charge on any atom is -0.370 e. The number of hydrogen-bond acceptors (Lipinski definition) is 4. The van der Waals surface area contributed by atoms with E-state index in [0.717, 1.165) is 50.3 Å². The predicted octanol–water partition coefficient (Wildman–Crippen LogP) is 2.29. The van der Waals surface area contributed by atoms with E-state index < -0.39 is 6.36 Å². The first kappa shape index (κ1) is 15.2. The second-order valence-electron chi connectivity index (χ2n) is 5.15. The van der Waals surface area contributed by atoms with Gasteiger partial charge in [0.15, 0.2) is 0 Å². The van der Waals surface area contributed by atoms with Crippen molar-refractivity contribution in [1.82, 2.24) is 10.3 Å². The first-order valence-electron chi connectivity index (χ1n) is 7.40. The van der Waals surface area contributed by atoms with Crippen LogP contribution >= 0.6 is 0 Å². The van der Waals surface area contributed by atoms with Crippen LogP contribution in [0.2, 0.25) is 0 Å². The van der Waals surface area contributed by atoms with Crippen LogP contribution in [0.15, 0.2) is 12.1 Å². The summed E-state index contributed by atoms with van der Waals surface area (Å²) in [6.45, 7) is 2.10. The van der Waals surface area contributed by atoms with E-state index in [1.165, 1.54) is 19.1 Å². The molecule has 1 atom stereocenters. The maximum atomic E-state index is 12.8. The number of pyridine rings is 1. The highest BCUT2D eigenvalue weighted by Crippen LogP contribution is 2.20. The van der Waals surface area contributed by atoms with E-state index in [0.29, 0.717) is 0 Å². The van der Waals surface area contributed by atoms with Gasteiger partial charge in [0.2, 0.25) is 6.36 Å². The molecule has 0 fully saturated rings. The van der Waals surface area contributed by atoms with Crippen molar-refractivity contribution in [3.63, 3.8) is 0 Å². The quantitative estimate of drug-likeness (QED) is 0.718. The molecule has 1 aromatic rings. The Morgan fingerprint density at radius 3 is 3.20 bits per heavy atom. The third kappa shape index (κ3) is 4.72. The molecule has 0 bridgehead atoms. The molecule has 1 aliphatic rings. The van der Waals surface area contributed by atoms with Crippen LogP contribution in [0, 0.1) is 0 Å². The molecule has 4 nitrogen and oxygen atoms in total. The molecule has 1 aliphatic heterocycles. The summed E-state index contributed by atoms with van der Waals surface area (Å²) in [6.07, 6.45) is 4.16. The summed E-state index contributed by atoms with van der Waals surface area (Å²) in [5, 5.41) is 6.39. The lowest BCUT2D eigenvalue weighted by atomic mass is 10.1. The van der Waals surface area contributed by atoms with Gasteiger partial charge in [0.1, 0.15) is 5.82 Å². The molecule has 0 amide bonds. The number of rotatable bonds is 8. The van der Waals surface area contributed by atoms with Gasteiger partial charge in [-0.3, -0.25) is 0 Å². The highest BCUT2D eigenvalue weighted by Gasteiger charge is 2.10. The summed E-state index contributed by atoms with van der Waals surface area (Å²) < 4.78 is 17.3. The number of halogens is 1. The van der Waals surface area contributed by atoms with E-state index in [1.807, 2.05) is 0 Å². The monoisotopic (exact) mass is 281 g/mol. The van der Waals surface area contributed by atoms with Crippen LogP contribution in [0.25, 0.3) is 0 Å². The Morgan fingerprint density at radius 2 is 2.35 bits per heavy atom. The van der Waals surface area contributed by atoms with Gasteiger partial charge >= 0.3 is 0 Å². The molecule has 2 heterocycles. The maximum absolute atomic E-state index is 12.8. The average molecular weight is 281 g/mol. The third-order valence-corrected chi connectivity index (χ3v) is 3.55. The van der Waals surface area contributed by atoms with Gasteiger partial charge in [0.05, 0.1) is 6.54 Å². The fourth-order valence-electron chi connectivity index (χ4n) is 2.36. The molecule has 0 saturated carbocycles. The number of alkyl halides is 1. The summed E-state index contributed by atoms with van der Waals surface area (Å²) in [5.41, 5.74) is 2.47. The minimum atomic E-state index is -1.21. The number of unbranched alkanes of at least 4 members (excludes halogenated alkanes) is 1. The van der Waals surface area contributed by atoms with Gasteiger partial charge in [0.25, 0.3) is 0 Å². The smallest absolute Gasteiger partial charge is 0.211 e. The lowest BCUT2D eigenvalue weighted by Gasteiger charge is -2.17. The molecule has 2 N–H and O–H groups in total. The fourth-order valence-corrected chi connectivity index (χ4v) is 2.36. The van der Waals surface area contributed by atoms with Gasteiger partial charge < -0.3 is 15.4 Å². The Hall–Kier alpha value is -1.20. The molecular weight excluding hydrogens is 257 g/mol. The lowest BCUT2D eigenvalue weighted by molar-refractivity contribution is -0.00300. The van der Waals surface area contributed by atoms with Gasteiger partial charge in [0, 0.05) is 19.3 Å². The Bertz CT molecular complexity index is 414. The number of aromatic nitrogens is 1. The molecule has 1 aromatic heterocycles. The Labute approximate surface area is 120 Å². The number of anilines is 1. The van der Waals surface area contributed by atoms with Crippen LogP contribution in [0.4, 0.5) is 10.2 Å². The first-order valence-corrected chi connectivity index (χ1v) is 7.40. The molecule has 20 heavy (non-hydrogen) atoms. The number of ether oxygens (including phenoxy) is 1. The standard InChI is InChI=1S/C15H24FN3O/c1-20-14(16)11-17-9-3-2-6-13-8-7-12-5-4-10-18-15(12)19-13/h7-8,14,17H,2-6,9-11H2,1H3,(H,18,19). The summed E-state index contributed by atoms with van der Waals surface area (Å²) in [4.78, 5) is 4.66. The molecule has 0 aliphatic carbocycles. The molecule has 2 rings (SSSR count). The second kappa shape index (κ2) is 8.17. The van der Waals surface area contributed by atoms with Gasteiger partial charge in [-0.1, -0.05) is 6.07 Å². The third-order valence-electron chi connectivity index (χ3n) is 3.55. The van der Waals surface area contributed by atoms with Crippen molar-refractivity contribution < 1.29 is 9.13 Å². The van der Waals surface area contributed by atoms with Crippen LogP contribution in [0.5, 0.6) is 0 Å². The van der Waals surface area contributed by atoms with Gasteiger partial charge in [-0.2, -0.15) is 0 Å². The van der Waals surface area contributed by atoms with Gasteiger partial charge in [-0.25, -0.2) is 9.37 Å². The number of nitrogens with zero attached hydrogens (tertiary/aromatic N) is 1. The molecular formula is C15H24FN3O. The highest BCUT2D eigenvalue weighted by atomic mass is 19.1. The zero-order valence-electron chi connectivity index (χ0n) is 12.1. The van der Waals surface area contributed by atoms with E-state index in [4.69, 9.17) is 0 Å². The molecule has 1 unspecified atom stereocenters. The summed E-state index contributed by atoms with van der Waals surface area (Å²) >= 11 is 0. The van der Waals surface area contributed by atoms with Gasteiger partial charge in [-0.05, 0) is 50.3 Å². The summed E-state index contributed by atoms with van der Waals surface area (Å²) in [7, 11) is 1.38. The highest BCUT2D eigenvalue weighted by molar-refractivity contribution is 5.46. The SMILES string of the molecule is COC(F)CNCCCCc1ccc2c(n1)NCCC2. The van der Waals surface area contributed by atoms with Crippen LogP contribution in [-0.4, -0.2) is 38.1 Å². The van der Waals surface area contributed by atoms with E-state index in [1.54, 1.807) is 0 Å². The van der Waals surface area contributed by atoms with Crippen molar-refractivity contribution in [1.29, 1.82) is 0 Å². The summed E-state index contributed by atoms with van der Waals surface area (Å²) in [5.74, 6) is 1.06. The van der Waals surface area contributed by atoms with Crippen molar-refractivity contribution in [3.8, 4) is 0 Å². The molecule has 0 radical (unpaired) electrons. The number of fused-ring (bicyclic) bond motifs is 1. The van der Waals surface area contributed by atoms with E-state index in [-0.39, 0.29) is 6.54 Å². The van der Waals surface area contributed by atoms with Crippen molar-refractivity contribution in [2.45, 2.75) is 38.5 Å². The summed E-state index contributed by atoms with van der Waals surface area (Å²) in [6, 6.07) is 4.32. The number of methoxy groups -OCH3 is 1. The van der Waals surface area contributed by atoms with Crippen molar-refractivity contribution in [3.05, 3.63) is 23.4 Å². The maximum Gasteiger partial charge on any atom is 0.211 e. The molecule has 0 aromatic carbocycles. The minimum absolute atomic E-state index is 0.261. The topological polar surface area (TPSA) is 46.2 Å². The van der Waals surface area contributed by atoms with Crippen LogP contribution in [-0.2, 0) is 17.6 Å². The molecule has 0 spiro atoms. The van der Waals surface area contributed by atoms with Crippen LogP contribution < -0.4 is 10.6 Å². The average Bonchev–Trinajstić information content (AvgIpc) is 2.50. The fraction of sp³-hybridized carbons (Fsp3) is 0.667. The zero-order valence-corrected chi connectivity index (χ0v) is 12.1. The Morgan fingerprint density at radius 1 is 1.45 bits per heavy atom. The zero-order chi connectivity index (χ0) is 14.2. The van der Waals surface area contributed by atoms with Gasteiger partial charge in [-0.15, -0.1) is 0 Å². The second-order valence-corrected chi connectivity index (χ2v) is 5.15. The largest absolute Gasteiger partial charge is 0.370 e. The van der Waals surface area contributed by atoms with Crippen molar-refractivity contribution >= 4 is 5.82 Å². The van der Waals surface area contributed by atoms with Crippen molar-refractivity contribution in [2.75, 3.05) is 32.1 Å². The van der Waals surface area contributed by atoms with Crippen LogP contribution in [0.1, 0.15) is 30.5 Å². The lowest BCUT2D eigenvalue weighted by Crippen LogP contribution is -2.25. The number of nitrogens with one attached hydrogen (secondary N) is 2. The van der Waals surface area contributed by atoms with E-state index in [9.17, 15) is 4.39 Å². The molecule has 0 saturated heterocycles. The van der Waals surface area contributed by atoms with Crippen LogP contribution in [0.3, 0.4) is 0 Å². The van der Waals surface area contributed by atoms with E-state index >= 15 is 0 Å². The van der Waals surface area contributed by atoms with Crippen molar-refractivity contribution in [2.24, 2.45) is 0 Å². The Kier molecular flexibility index (Phi) is 6.21. The normalized spacial score (nSPS) is 15.5. The molecule has 112 valence electrons. The number of aryl methyl sites for hydroxylation is 2. The Balaban J connectivity index is 1.64. The first-order chi connectivity index (χ1) is 9.79. The predicted molar refractivity (Wildman–Crippen MR) is 78.8 cm³/mol.